The summed E-state index contributed by atoms with van der Waals surface area (Å²) >= 11 is 0. The van der Waals surface area contributed by atoms with E-state index in [0.717, 1.165) is 63.1 Å². The summed E-state index contributed by atoms with van der Waals surface area (Å²) in [4.78, 5) is 11.2. The number of nitrogens with one attached hydrogen (secondary N) is 2. The number of guanidine groups is 1. The highest BCUT2D eigenvalue weighted by molar-refractivity contribution is 5.79. The van der Waals surface area contributed by atoms with Crippen molar-refractivity contribution in [3.8, 4) is 5.75 Å². The topological polar surface area (TPSA) is 66.7 Å². The SMILES string of the molecule is CN=C(NCCCCn1ccnc1C)NCC(c1cccc(OC)c1)N1CCCC1. The molecule has 0 saturated carbocycles. The highest BCUT2D eigenvalue weighted by Gasteiger charge is 2.24. The van der Waals surface area contributed by atoms with Crippen LogP contribution in [0.1, 0.15) is 43.1 Å². The Labute approximate surface area is 180 Å². The number of benzene rings is 1. The van der Waals surface area contributed by atoms with Crippen LogP contribution in [-0.2, 0) is 6.54 Å². The van der Waals surface area contributed by atoms with Crippen molar-refractivity contribution < 1.29 is 4.74 Å². The van der Waals surface area contributed by atoms with E-state index < -0.39 is 0 Å². The molecule has 1 aromatic heterocycles. The first-order valence-electron chi connectivity index (χ1n) is 11.0. The van der Waals surface area contributed by atoms with Crippen molar-refractivity contribution in [1.29, 1.82) is 0 Å². The molecule has 1 fully saturated rings. The van der Waals surface area contributed by atoms with Crippen molar-refractivity contribution in [2.75, 3.05) is 40.3 Å². The summed E-state index contributed by atoms with van der Waals surface area (Å²) in [5.74, 6) is 2.85. The number of hydrogen-bond donors (Lipinski definition) is 2. The molecule has 0 spiro atoms. The summed E-state index contributed by atoms with van der Waals surface area (Å²) in [7, 11) is 3.56. The van der Waals surface area contributed by atoms with Gasteiger partial charge in [-0.2, -0.15) is 0 Å². The minimum atomic E-state index is 0.311. The third kappa shape index (κ3) is 6.23. The fourth-order valence-corrected chi connectivity index (χ4v) is 4.03. The van der Waals surface area contributed by atoms with E-state index in [-0.39, 0.29) is 0 Å². The maximum atomic E-state index is 5.44. The second-order valence-electron chi connectivity index (χ2n) is 7.79. The van der Waals surface area contributed by atoms with Gasteiger partial charge in [0, 0.05) is 39.1 Å². The summed E-state index contributed by atoms with van der Waals surface area (Å²) in [5, 5.41) is 6.99. The molecular weight excluding hydrogens is 376 g/mol. The van der Waals surface area contributed by atoms with Gasteiger partial charge in [-0.25, -0.2) is 4.98 Å². The normalized spacial score (nSPS) is 15.9. The van der Waals surface area contributed by atoms with Crippen LogP contribution < -0.4 is 15.4 Å². The summed E-state index contributed by atoms with van der Waals surface area (Å²) in [6.07, 6.45) is 8.64. The van der Waals surface area contributed by atoms with Crippen LogP contribution in [0.3, 0.4) is 0 Å². The van der Waals surface area contributed by atoms with Gasteiger partial charge in [-0.15, -0.1) is 0 Å². The fourth-order valence-electron chi connectivity index (χ4n) is 4.03. The van der Waals surface area contributed by atoms with E-state index in [9.17, 15) is 0 Å². The van der Waals surface area contributed by atoms with Crippen LogP contribution in [-0.4, -0.2) is 60.7 Å². The summed E-state index contributed by atoms with van der Waals surface area (Å²) < 4.78 is 7.64. The molecule has 7 nitrogen and oxygen atoms in total. The summed E-state index contributed by atoms with van der Waals surface area (Å²) in [6, 6.07) is 8.74. The Morgan fingerprint density at radius 1 is 1.23 bits per heavy atom. The molecule has 0 amide bonds. The van der Waals surface area contributed by atoms with Crippen LogP contribution in [0, 0.1) is 6.92 Å². The summed E-state index contributed by atoms with van der Waals surface area (Å²) in [6.45, 7) is 7.06. The number of nitrogens with zero attached hydrogens (tertiary/aromatic N) is 4. The standard InChI is InChI=1S/C23H36N6O/c1-19-25-12-16-28(19)13-5-4-11-26-23(24-2)27-18-22(29-14-6-7-15-29)20-9-8-10-21(17-20)30-3/h8-10,12,16-17,22H,4-7,11,13-15,18H2,1-3H3,(H2,24,26,27). The molecule has 1 aromatic carbocycles. The predicted octanol–water partition coefficient (Wildman–Crippen LogP) is 2.98. The zero-order chi connectivity index (χ0) is 21.2. The first-order chi connectivity index (χ1) is 14.7. The minimum Gasteiger partial charge on any atom is -0.497 e. The number of aliphatic imine (C=N–C) groups is 1. The van der Waals surface area contributed by atoms with Crippen molar-refractivity contribution in [3.05, 3.63) is 48.0 Å². The van der Waals surface area contributed by atoms with Crippen molar-refractivity contribution in [2.45, 2.75) is 45.2 Å². The lowest BCUT2D eigenvalue weighted by molar-refractivity contribution is 0.245. The van der Waals surface area contributed by atoms with Crippen molar-refractivity contribution in [2.24, 2.45) is 4.99 Å². The van der Waals surface area contributed by atoms with Crippen LogP contribution in [0.4, 0.5) is 0 Å². The van der Waals surface area contributed by atoms with Gasteiger partial charge in [0.1, 0.15) is 11.6 Å². The van der Waals surface area contributed by atoms with Gasteiger partial charge >= 0.3 is 0 Å². The molecule has 30 heavy (non-hydrogen) atoms. The molecule has 1 aliphatic heterocycles. The van der Waals surface area contributed by atoms with Gasteiger partial charge in [0.2, 0.25) is 0 Å². The second kappa shape index (κ2) is 11.6. The number of unbranched alkanes of at least 4 members (excludes halogenated alkanes) is 1. The van der Waals surface area contributed by atoms with Crippen molar-refractivity contribution in [1.82, 2.24) is 25.1 Å². The molecule has 164 valence electrons. The first kappa shape index (κ1) is 22.2. The lowest BCUT2D eigenvalue weighted by atomic mass is 10.1. The first-order valence-corrected chi connectivity index (χ1v) is 11.0. The molecule has 0 aliphatic carbocycles. The van der Waals surface area contributed by atoms with Crippen LogP contribution in [0.5, 0.6) is 5.75 Å². The fraction of sp³-hybridized carbons (Fsp3) is 0.565. The Bertz CT molecular complexity index is 796. The number of likely N-dealkylation sites (tertiary alicyclic amines) is 1. The molecule has 0 radical (unpaired) electrons. The zero-order valence-electron chi connectivity index (χ0n) is 18.6. The Morgan fingerprint density at radius 2 is 2.07 bits per heavy atom. The smallest absolute Gasteiger partial charge is 0.191 e. The number of rotatable bonds is 10. The van der Waals surface area contributed by atoms with Gasteiger partial charge < -0.3 is 19.9 Å². The zero-order valence-corrected chi connectivity index (χ0v) is 18.6. The van der Waals surface area contributed by atoms with Crippen LogP contribution >= 0.6 is 0 Å². The molecule has 1 aliphatic rings. The molecule has 2 heterocycles. The van der Waals surface area contributed by atoms with Gasteiger partial charge in [-0.3, -0.25) is 9.89 Å². The molecule has 2 aromatic rings. The maximum Gasteiger partial charge on any atom is 0.191 e. The molecular formula is C23H36N6O. The predicted molar refractivity (Wildman–Crippen MR) is 122 cm³/mol. The van der Waals surface area contributed by atoms with Crippen LogP contribution in [0.25, 0.3) is 0 Å². The number of hydrogen-bond acceptors (Lipinski definition) is 4. The number of aryl methyl sites for hydroxylation is 2. The number of imidazole rings is 1. The molecule has 7 heteroatoms. The monoisotopic (exact) mass is 412 g/mol. The Morgan fingerprint density at radius 3 is 2.77 bits per heavy atom. The Balaban J connectivity index is 1.48. The maximum absolute atomic E-state index is 5.44. The van der Waals surface area contributed by atoms with E-state index in [4.69, 9.17) is 4.74 Å². The molecule has 1 atom stereocenters. The molecule has 0 bridgehead atoms. The van der Waals surface area contributed by atoms with E-state index in [1.54, 1.807) is 7.11 Å². The number of aromatic nitrogens is 2. The highest BCUT2D eigenvalue weighted by atomic mass is 16.5. The van der Waals surface area contributed by atoms with Gasteiger partial charge in [0.05, 0.1) is 13.2 Å². The quantitative estimate of drug-likeness (QED) is 0.357. The van der Waals surface area contributed by atoms with Crippen LogP contribution in [0.2, 0.25) is 0 Å². The molecule has 3 rings (SSSR count). The molecule has 2 N–H and O–H groups in total. The van der Waals surface area contributed by atoms with Gasteiger partial charge in [0.15, 0.2) is 5.96 Å². The second-order valence-corrected chi connectivity index (χ2v) is 7.79. The van der Waals surface area contributed by atoms with Crippen molar-refractivity contribution in [3.63, 3.8) is 0 Å². The molecule has 1 unspecified atom stereocenters. The lowest BCUT2D eigenvalue weighted by Crippen LogP contribution is -2.43. The van der Waals surface area contributed by atoms with Gasteiger partial charge in [0.25, 0.3) is 0 Å². The van der Waals surface area contributed by atoms with E-state index in [1.807, 2.05) is 32.4 Å². The Kier molecular flexibility index (Phi) is 8.56. The van der Waals surface area contributed by atoms with E-state index in [1.165, 1.54) is 18.4 Å². The molecule has 1 saturated heterocycles. The largest absolute Gasteiger partial charge is 0.497 e. The number of ether oxygens (including phenoxy) is 1. The van der Waals surface area contributed by atoms with Crippen LogP contribution in [0.15, 0.2) is 41.7 Å². The lowest BCUT2D eigenvalue weighted by Gasteiger charge is -2.29. The average molecular weight is 413 g/mol. The van der Waals surface area contributed by atoms with E-state index in [0.29, 0.717) is 6.04 Å². The van der Waals surface area contributed by atoms with E-state index in [2.05, 4.69) is 48.3 Å². The third-order valence-electron chi connectivity index (χ3n) is 5.79. The summed E-state index contributed by atoms with van der Waals surface area (Å²) in [5.41, 5.74) is 1.29. The Hall–Kier alpha value is -2.54. The van der Waals surface area contributed by atoms with Gasteiger partial charge in [-0.1, -0.05) is 12.1 Å². The third-order valence-corrected chi connectivity index (χ3v) is 5.79. The van der Waals surface area contributed by atoms with Crippen molar-refractivity contribution >= 4 is 5.96 Å². The number of methoxy groups -OCH3 is 1. The van der Waals surface area contributed by atoms with E-state index >= 15 is 0 Å². The minimum absolute atomic E-state index is 0.311. The van der Waals surface area contributed by atoms with Gasteiger partial charge in [-0.05, 0) is 63.4 Å². The highest BCUT2D eigenvalue weighted by Crippen LogP contribution is 2.27. The average Bonchev–Trinajstić information content (AvgIpc) is 3.44.